The first-order valence-electron chi connectivity index (χ1n) is 10.6. The highest BCUT2D eigenvalue weighted by atomic mass is 16.3. The van der Waals surface area contributed by atoms with Gasteiger partial charge in [-0.05, 0) is 51.3 Å². The Morgan fingerprint density at radius 3 is 2.65 bits per heavy atom. The summed E-state index contributed by atoms with van der Waals surface area (Å²) in [6, 6.07) is 7.30. The zero-order chi connectivity index (χ0) is 22.0. The predicted octanol–water partition coefficient (Wildman–Crippen LogP) is 3.00. The van der Waals surface area contributed by atoms with Gasteiger partial charge in [0, 0.05) is 42.7 Å². The van der Waals surface area contributed by atoms with Crippen molar-refractivity contribution in [3.63, 3.8) is 0 Å². The molecule has 8 heteroatoms. The number of H-pyrrole nitrogens is 1. The average molecular weight is 422 g/mol. The van der Waals surface area contributed by atoms with Crippen molar-refractivity contribution in [1.29, 1.82) is 0 Å². The largest absolute Gasteiger partial charge is 0.466 e. The highest BCUT2D eigenvalue weighted by molar-refractivity contribution is 5.95. The Bertz CT molecular complexity index is 1120. The molecule has 1 amide bonds. The van der Waals surface area contributed by atoms with Crippen molar-refractivity contribution in [2.75, 3.05) is 18.0 Å². The average Bonchev–Trinajstić information content (AvgIpc) is 3.12. The number of aryl methyl sites for hydroxylation is 3. The molecule has 0 unspecified atom stereocenters. The molecule has 4 rings (SSSR count). The molecule has 1 aliphatic heterocycles. The summed E-state index contributed by atoms with van der Waals surface area (Å²) in [6.45, 7) is 7.23. The fourth-order valence-corrected chi connectivity index (χ4v) is 3.91. The van der Waals surface area contributed by atoms with Crippen LogP contribution in [0.3, 0.4) is 0 Å². The molecule has 31 heavy (non-hydrogen) atoms. The third-order valence-electron chi connectivity index (χ3n) is 5.62. The summed E-state index contributed by atoms with van der Waals surface area (Å²) in [5, 5.41) is 3.12. The first kappa shape index (κ1) is 20.8. The van der Waals surface area contributed by atoms with E-state index < -0.39 is 0 Å². The van der Waals surface area contributed by atoms with Gasteiger partial charge in [0.15, 0.2) is 0 Å². The number of pyridine rings is 1. The van der Waals surface area contributed by atoms with Crippen LogP contribution in [0.15, 0.2) is 39.7 Å². The van der Waals surface area contributed by atoms with Crippen molar-refractivity contribution in [3.05, 3.63) is 63.6 Å². The van der Waals surface area contributed by atoms with Crippen LogP contribution in [0, 0.1) is 13.8 Å². The van der Waals surface area contributed by atoms with E-state index in [0.717, 1.165) is 48.8 Å². The minimum Gasteiger partial charge on any atom is -0.466 e. The normalized spacial score (nSPS) is 14.6. The number of piperidine rings is 1. The molecule has 1 saturated heterocycles. The van der Waals surface area contributed by atoms with E-state index in [1.807, 2.05) is 32.9 Å². The standard InChI is InChI=1S/C23H27N5O3/c1-4-17-12-21(29)27-22(25-17)16-5-6-20(24-13-16)28-9-7-18(8-10-28)26-23(30)19-11-14(2)31-15(19)3/h5-6,11-13,18H,4,7-10H2,1-3H3,(H,26,30)(H,25,27,29). The topological polar surface area (TPSA) is 104 Å². The number of aromatic nitrogens is 3. The van der Waals surface area contributed by atoms with Gasteiger partial charge >= 0.3 is 0 Å². The summed E-state index contributed by atoms with van der Waals surface area (Å²) in [5.74, 6) is 2.73. The first-order valence-corrected chi connectivity index (χ1v) is 10.6. The van der Waals surface area contributed by atoms with Crippen molar-refractivity contribution in [1.82, 2.24) is 20.3 Å². The maximum absolute atomic E-state index is 12.5. The van der Waals surface area contributed by atoms with Crippen molar-refractivity contribution in [3.8, 4) is 11.4 Å². The second kappa shape index (κ2) is 8.75. The van der Waals surface area contributed by atoms with Crippen molar-refractivity contribution in [2.45, 2.75) is 46.1 Å². The van der Waals surface area contributed by atoms with E-state index in [1.54, 1.807) is 12.3 Å². The molecule has 3 aromatic rings. The summed E-state index contributed by atoms with van der Waals surface area (Å²) < 4.78 is 5.46. The zero-order valence-corrected chi connectivity index (χ0v) is 18.1. The third-order valence-corrected chi connectivity index (χ3v) is 5.62. The number of amides is 1. The quantitative estimate of drug-likeness (QED) is 0.656. The number of anilines is 1. The first-order chi connectivity index (χ1) is 14.9. The molecule has 0 saturated carbocycles. The van der Waals surface area contributed by atoms with Crippen LogP contribution in [0.5, 0.6) is 0 Å². The Hall–Kier alpha value is -3.42. The van der Waals surface area contributed by atoms with Gasteiger partial charge in [0.1, 0.15) is 23.2 Å². The molecule has 0 atom stereocenters. The molecule has 0 radical (unpaired) electrons. The van der Waals surface area contributed by atoms with Gasteiger partial charge in [-0.25, -0.2) is 9.97 Å². The van der Waals surface area contributed by atoms with Crippen LogP contribution in [0.4, 0.5) is 5.82 Å². The highest BCUT2D eigenvalue weighted by Crippen LogP contribution is 2.22. The lowest BCUT2D eigenvalue weighted by atomic mass is 10.0. The fourth-order valence-electron chi connectivity index (χ4n) is 3.91. The highest BCUT2D eigenvalue weighted by Gasteiger charge is 2.23. The lowest BCUT2D eigenvalue weighted by molar-refractivity contribution is 0.0929. The molecule has 162 valence electrons. The van der Waals surface area contributed by atoms with Gasteiger partial charge in [0.25, 0.3) is 11.5 Å². The van der Waals surface area contributed by atoms with Crippen LogP contribution < -0.4 is 15.8 Å². The van der Waals surface area contributed by atoms with E-state index in [2.05, 4.69) is 25.2 Å². The molecule has 1 aliphatic rings. The van der Waals surface area contributed by atoms with Crippen LogP contribution >= 0.6 is 0 Å². The summed E-state index contributed by atoms with van der Waals surface area (Å²) in [5.41, 5.74) is 1.99. The Balaban J connectivity index is 1.37. The van der Waals surface area contributed by atoms with Gasteiger partial charge in [-0.15, -0.1) is 0 Å². The molecule has 4 heterocycles. The molecule has 1 fully saturated rings. The van der Waals surface area contributed by atoms with Crippen molar-refractivity contribution in [2.24, 2.45) is 0 Å². The smallest absolute Gasteiger partial charge is 0.255 e. The van der Waals surface area contributed by atoms with Gasteiger partial charge in [0.05, 0.1) is 5.56 Å². The number of carbonyl (C=O) groups excluding carboxylic acids is 1. The summed E-state index contributed by atoms with van der Waals surface area (Å²) >= 11 is 0. The lowest BCUT2D eigenvalue weighted by Gasteiger charge is -2.33. The van der Waals surface area contributed by atoms with Crippen LogP contribution in [0.1, 0.15) is 47.3 Å². The second-order valence-electron chi connectivity index (χ2n) is 7.91. The molecule has 3 aromatic heterocycles. The monoisotopic (exact) mass is 421 g/mol. The Morgan fingerprint density at radius 2 is 2.03 bits per heavy atom. The van der Waals surface area contributed by atoms with Crippen LogP contribution in [0.25, 0.3) is 11.4 Å². The van der Waals surface area contributed by atoms with Crippen LogP contribution in [-0.2, 0) is 6.42 Å². The number of hydrogen-bond acceptors (Lipinski definition) is 6. The lowest BCUT2D eigenvalue weighted by Crippen LogP contribution is -2.45. The number of nitrogens with zero attached hydrogens (tertiary/aromatic N) is 3. The van der Waals surface area contributed by atoms with Gasteiger partial charge in [-0.2, -0.15) is 0 Å². The molecule has 0 aliphatic carbocycles. The number of furan rings is 1. The van der Waals surface area contributed by atoms with E-state index in [9.17, 15) is 9.59 Å². The minimum atomic E-state index is -0.157. The summed E-state index contributed by atoms with van der Waals surface area (Å²) in [7, 11) is 0. The Morgan fingerprint density at radius 1 is 1.26 bits per heavy atom. The van der Waals surface area contributed by atoms with Crippen molar-refractivity contribution >= 4 is 11.7 Å². The van der Waals surface area contributed by atoms with Crippen LogP contribution in [-0.4, -0.2) is 40.0 Å². The van der Waals surface area contributed by atoms with E-state index in [1.165, 1.54) is 6.07 Å². The van der Waals surface area contributed by atoms with E-state index >= 15 is 0 Å². The number of aromatic amines is 1. The number of carbonyl (C=O) groups is 1. The van der Waals surface area contributed by atoms with Crippen LogP contribution in [0.2, 0.25) is 0 Å². The molecular weight excluding hydrogens is 394 g/mol. The van der Waals surface area contributed by atoms with E-state index in [-0.39, 0.29) is 17.5 Å². The third kappa shape index (κ3) is 4.68. The van der Waals surface area contributed by atoms with E-state index in [4.69, 9.17) is 4.42 Å². The number of hydrogen-bond donors (Lipinski definition) is 2. The van der Waals surface area contributed by atoms with Gasteiger partial charge in [-0.3, -0.25) is 9.59 Å². The summed E-state index contributed by atoms with van der Waals surface area (Å²) in [4.78, 5) is 38.4. The predicted molar refractivity (Wildman–Crippen MR) is 118 cm³/mol. The summed E-state index contributed by atoms with van der Waals surface area (Å²) in [6.07, 6.45) is 4.13. The zero-order valence-electron chi connectivity index (χ0n) is 18.1. The minimum absolute atomic E-state index is 0.0777. The fraction of sp³-hybridized carbons (Fsp3) is 0.391. The van der Waals surface area contributed by atoms with Crippen molar-refractivity contribution < 1.29 is 9.21 Å². The maximum atomic E-state index is 12.5. The molecule has 0 aromatic carbocycles. The molecule has 2 N–H and O–H groups in total. The van der Waals surface area contributed by atoms with Gasteiger partial charge in [0.2, 0.25) is 0 Å². The van der Waals surface area contributed by atoms with Gasteiger partial charge in [-0.1, -0.05) is 6.92 Å². The number of rotatable bonds is 5. The van der Waals surface area contributed by atoms with Gasteiger partial charge < -0.3 is 19.6 Å². The van der Waals surface area contributed by atoms with E-state index in [0.29, 0.717) is 23.6 Å². The Kier molecular flexibility index (Phi) is 5.88. The Labute approximate surface area is 180 Å². The molecule has 0 spiro atoms. The second-order valence-corrected chi connectivity index (χ2v) is 7.91. The molecular formula is C23H27N5O3. The SMILES string of the molecule is CCc1cc(=O)[nH]c(-c2ccc(N3CCC(NC(=O)c4cc(C)oc4C)CC3)nc2)n1. The number of nitrogens with one attached hydrogen (secondary N) is 2. The molecule has 8 nitrogen and oxygen atoms in total. The molecule has 0 bridgehead atoms. The maximum Gasteiger partial charge on any atom is 0.255 e.